The fraction of sp³-hybridized carbons (Fsp3) is 0.167. The SMILES string of the molecule is CC(NC(=O)/C(C#N)=C\NCc1cccnc1)c1ccccc1. The Kier molecular flexibility index (Phi) is 5.89. The van der Waals surface area contributed by atoms with Crippen molar-refractivity contribution in [3.8, 4) is 6.07 Å². The lowest BCUT2D eigenvalue weighted by Crippen LogP contribution is -2.28. The van der Waals surface area contributed by atoms with Crippen molar-refractivity contribution in [1.29, 1.82) is 5.26 Å². The van der Waals surface area contributed by atoms with Crippen LogP contribution >= 0.6 is 0 Å². The van der Waals surface area contributed by atoms with E-state index in [2.05, 4.69) is 15.6 Å². The summed E-state index contributed by atoms with van der Waals surface area (Å²) in [7, 11) is 0. The van der Waals surface area contributed by atoms with Gasteiger partial charge in [0, 0.05) is 25.1 Å². The zero-order valence-electron chi connectivity index (χ0n) is 12.9. The monoisotopic (exact) mass is 306 g/mol. The average Bonchev–Trinajstić information content (AvgIpc) is 2.60. The predicted molar refractivity (Wildman–Crippen MR) is 87.8 cm³/mol. The summed E-state index contributed by atoms with van der Waals surface area (Å²) in [5, 5.41) is 14.9. The normalized spacial score (nSPS) is 12.1. The number of benzene rings is 1. The number of hydrogen-bond acceptors (Lipinski definition) is 4. The quantitative estimate of drug-likeness (QED) is 0.635. The Morgan fingerprint density at radius 1 is 1.30 bits per heavy atom. The summed E-state index contributed by atoms with van der Waals surface area (Å²) < 4.78 is 0. The van der Waals surface area contributed by atoms with Crippen LogP contribution in [0.5, 0.6) is 0 Å². The molecule has 116 valence electrons. The molecule has 0 aliphatic carbocycles. The van der Waals surface area contributed by atoms with E-state index in [9.17, 15) is 4.79 Å². The maximum Gasteiger partial charge on any atom is 0.263 e. The molecule has 1 aromatic carbocycles. The van der Waals surface area contributed by atoms with Crippen molar-refractivity contribution in [1.82, 2.24) is 15.6 Å². The fourth-order valence-electron chi connectivity index (χ4n) is 2.02. The first kappa shape index (κ1) is 16.2. The minimum absolute atomic E-state index is 0.0386. The number of nitriles is 1. The van der Waals surface area contributed by atoms with Gasteiger partial charge in [-0.3, -0.25) is 9.78 Å². The van der Waals surface area contributed by atoms with E-state index in [0.29, 0.717) is 6.54 Å². The second kappa shape index (κ2) is 8.35. The first-order valence-corrected chi connectivity index (χ1v) is 7.29. The summed E-state index contributed by atoms with van der Waals surface area (Å²) in [6.07, 6.45) is 4.85. The molecular weight excluding hydrogens is 288 g/mol. The molecule has 1 amide bonds. The molecular formula is C18H18N4O. The third-order valence-corrected chi connectivity index (χ3v) is 3.29. The van der Waals surface area contributed by atoms with E-state index in [0.717, 1.165) is 11.1 Å². The second-order valence-electron chi connectivity index (χ2n) is 5.02. The number of nitrogens with one attached hydrogen (secondary N) is 2. The number of nitrogens with zero attached hydrogens (tertiary/aromatic N) is 2. The van der Waals surface area contributed by atoms with E-state index in [4.69, 9.17) is 5.26 Å². The first-order chi connectivity index (χ1) is 11.2. The van der Waals surface area contributed by atoms with Crippen LogP contribution in [0, 0.1) is 11.3 Å². The molecule has 1 unspecified atom stereocenters. The van der Waals surface area contributed by atoms with Crippen molar-refractivity contribution in [3.63, 3.8) is 0 Å². The molecule has 0 saturated heterocycles. The maximum absolute atomic E-state index is 12.1. The molecule has 0 aliphatic heterocycles. The highest BCUT2D eigenvalue weighted by molar-refractivity contribution is 5.97. The Balaban J connectivity index is 1.93. The van der Waals surface area contributed by atoms with Crippen molar-refractivity contribution < 1.29 is 4.79 Å². The number of pyridine rings is 1. The van der Waals surface area contributed by atoms with Crippen LogP contribution < -0.4 is 10.6 Å². The molecule has 0 bridgehead atoms. The van der Waals surface area contributed by atoms with Gasteiger partial charge in [-0.15, -0.1) is 0 Å². The number of carbonyl (C=O) groups excluding carboxylic acids is 1. The second-order valence-corrected chi connectivity index (χ2v) is 5.02. The molecule has 2 N–H and O–H groups in total. The number of amides is 1. The lowest BCUT2D eigenvalue weighted by atomic mass is 10.1. The fourth-order valence-corrected chi connectivity index (χ4v) is 2.02. The maximum atomic E-state index is 12.1. The van der Waals surface area contributed by atoms with E-state index in [1.807, 2.05) is 55.5 Å². The number of rotatable bonds is 6. The van der Waals surface area contributed by atoms with Crippen LogP contribution in [0.25, 0.3) is 0 Å². The first-order valence-electron chi connectivity index (χ1n) is 7.29. The minimum Gasteiger partial charge on any atom is -0.386 e. The molecule has 0 spiro atoms. The van der Waals surface area contributed by atoms with Crippen molar-refractivity contribution in [2.75, 3.05) is 0 Å². The number of carbonyl (C=O) groups is 1. The largest absolute Gasteiger partial charge is 0.386 e. The number of hydrogen-bond donors (Lipinski definition) is 2. The molecule has 1 heterocycles. The van der Waals surface area contributed by atoms with Gasteiger partial charge >= 0.3 is 0 Å². The van der Waals surface area contributed by atoms with Crippen molar-refractivity contribution in [2.24, 2.45) is 0 Å². The van der Waals surface area contributed by atoms with E-state index in [-0.39, 0.29) is 11.6 Å². The summed E-state index contributed by atoms with van der Waals surface area (Å²) >= 11 is 0. The highest BCUT2D eigenvalue weighted by Crippen LogP contribution is 2.11. The van der Waals surface area contributed by atoms with Crippen LogP contribution in [-0.2, 0) is 11.3 Å². The van der Waals surface area contributed by atoms with E-state index in [1.54, 1.807) is 12.4 Å². The number of aromatic nitrogens is 1. The third kappa shape index (κ3) is 4.97. The van der Waals surface area contributed by atoms with Crippen LogP contribution in [-0.4, -0.2) is 10.9 Å². The zero-order valence-corrected chi connectivity index (χ0v) is 12.9. The molecule has 23 heavy (non-hydrogen) atoms. The van der Waals surface area contributed by atoms with Gasteiger partial charge in [0.2, 0.25) is 0 Å². The van der Waals surface area contributed by atoms with E-state index < -0.39 is 5.91 Å². The molecule has 2 rings (SSSR count). The Hall–Kier alpha value is -3.13. The van der Waals surface area contributed by atoms with Crippen LogP contribution in [0.3, 0.4) is 0 Å². The summed E-state index contributed by atoms with van der Waals surface area (Å²) in [6.45, 7) is 2.38. The average molecular weight is 306 g/mol. The molecule has 0 fully saturated rings. The van der Waals surface area contributed by atoms with Crippen LogP contribution in [0.4, 0.5) is 0 Å². The molecule has 2 aromatic rings. The summed E-state index contributed by atoms with van der Waals surface area (Å²) in [6, 6.07) is 15.1. The Bertz CT molecular complexity index is 705. The molecule has 1 atom stereocenters. The van der Waals surface area contributed by atoms with Gasteiger partial charge in [-0.2, -0.15) is 5.26 Å². The van der Waals surface area contributed by atoms with Crippen molar-refractivity contribution in [2.45, 2.75) is 19.5 Å². The van der Waals surface area contributed by atoms with Gasteiger partial charge < -0.3 is 10.6 Å². The van der Waals surface area contributed by atoms with E-state index >= 15 is 0 Å². The van der Waals surface area contributed by atoms with E-state index in [1.165, 1.54) is 6.20 Å². The highest BCUT2D eigenvalue weighted by Gasteiger charge is 2.13. The Labute approximate surface area is 135 Å². The van der Waals surface area contributed by atoms with Gasteiger partial charge in [-0.05, 0) is 24.1 Å². The predicted octanol–water partition coefficient (Wildman–Crippen LogP) is 2.46. The lowest BCUT2D eigenvalue weighted by Gasteiger charge is -2.13. The van der Waals surface area contributed by atoms with Gasteiger partial charge in [0.25, 0.3) is 5.91 Å². The molecule has 5 heteroatoms. The summed E-state index contributed by atoms with van der Waals surface area (Å²) in [4.78, 5) is 16.2. The topological polar surface area (TPSA) is 77.8 Å². The molecule has 0 aliphatic rings. The van der Waals surface area contributed by atoms with Gasteiger partial charge in [0.05, 0.1) is 6.04 Å². The Morgan fingerprint density at radius 3 is 2.74 bits per heavy atom. The smallest absolute Gasteiger partial charge is 0.263 e. The molecule has 1 aromatic heterocycles. The van der Waals surface area contributed by atoms with Crippen LogP contribution in [0.2, 0.25) is 0 Å². The minimum atomic E-state index is -0.400. The van der Waals surface area contributed by atoms with Crippen LogP contribution in [0.15, 0.2) is 66.6 Å². The Morgan fingerprint density at radius 2 is 2.09 bits per heavy atom. The van der Waals surface area contributed by atoms with Gasteiger partial charge in [0.1, 0.15) is 11.6 Å². The standard InChI is InChI=1S/C18H18N4O/c1-14(16-7-3-2-4-8-16)22-18(23)17(10-19)13-21-12-15-6-5-9-20-11-15/h2-9,11,13-14,21H,12H2,1H3,(H,22,23)/b17-13-. The third-order valence-electron chi connectivity index (χ3n) is 3.29. The highest BCUT2D eigenvalue weighted by atomic mass is 16.1. The van der Waals surface area contributed by atoms with Gasteiger partial charge in [0.15, 0.2) is 0 Å². The molecule has 5 nitrogen and oxygen atoms in total. The summed E-state index contributed by atoms with van der Waals surface area (Å²) in [5.41, 5.74) is 2.00. The zero-order chi connectivity index (χ0) is 16.5. The van der Waals surface area contributed by atoms with Crippen molar-refractivity contribution in [3.05, 3.63) is 77.8 Å². The van der Waals surface area contributed by atoms with Gasteiger partial charge in [-0.25, -0.2) is 0 Å². The molecule has 0 saturated carbocycles. The molecule has 0 radical (unpaired) electrons. The lowest BCUT2D eigenvalue weighted by molar-refractivity contribution is -0.117. The van der Waals surface area contributed by atoms with Crippen LogP contribution in [0.1, 0.15) is 24.1 Å². The van der Waals surface area contributed by atoms with Crippen molar-refractivity contribution >= 4 is 5.91 Å². The summed E-state index contributed by atoms with van der Waals surface area (Å²) in [5.74, 6) is -0.400. The van der Waals surface area contributed by atoms with Gasteiger partial charge in [-0.1, -0.05) is 36.4 Å².